The second-order valence-electron chi connectivity index (χ2n) is 5.09. The Balaban J connectivity index is 2.06. The Hall–Kier alpha value is -1.80. The lowest BCUT2D eigenvalue weighted by atomic mass is 9.96. The molecule has 1 heterocycles. The Labute approximate surface area is 123 Å². The Morgan fingerprint density at radius 3 is 2.90 bits per heavy atom. The van der Waals surface area contributed by atoms with Crippen molar-refractivity contribution in [3.8, 4) is 5.75 Å². The highest BCUT2D eigenvalue weighted by molar-refractivity contribution is 6.31. The van der Waals surface area contributed by atoms with Crippen LogP contribution in [0.3, 0.4) is 0 Å². The predicted octanol–water partition coefficient (Wildman–Crippen LogP) is 4.20. The highest BCUT2D eigenvalue weighted by Crippen LogP contribution is 2.31. The van der Waals surface area contributed by atoms with E-state index < -0.39 is 0 Å². The van der Waals surface area contributed by atoms with E-state index in [1.165, 1.54) is 0 Å². The average Bonchev–Trinajstić information content (AvgIpc) is 2.45. The number of carbonyl (C=O) groups is 1. The molecule has 2 nitrogen and oxygen atoms in total. The number of ether oxygens (including phenoxy) is 1. The third-order valence-electron chi connectivity index (χ3n) is 3.48. The molecule has 20 heavy (non-hydrogen) atoms. The van der Waals surface area contributed by atoms with Gasteiger partial charge < -0.3 is 4.74 Å². The van der Waals surface area contributed by atoms with Crippen LogP contribution in [0.15, 0.2) is 36.4 Å². The first-order valence-corrected chi connectivity index (χ1v) is 7.09. The van der Waals surface area contributed by atoms with Crippen molar-refractivity contribution in [2.75, 3.05) is 6.61 Å². The lowest BCUT2D eigenvalue weighted by molar-refractivity contribution is 0.103. The molecule has 0 fully saturated rings. The van der Waals surface area contributed by atoms with Gasteiger partial charge in [0, 0.05) is 10.6 Å². The quantitative estimate of drug-likeness (QED) is 0.773. The van der Waals surface area contributed by atoms with Crippen LogP contribution in [0.2, 0.25) is 5.02 Å². The number of fused-ring (bicyclic) bond motifs is 1. The van der Waals surface area contributed by atoms with Crippen molar-refractivity contribution < 1.29 is 9.53 Å². The minimum atomic E-state index is -0.0330. The number of para-hydroxylation sites is 1. The highest BCUT2D eigenvalue weighted by atomic mass is 35.5. The van der Waals surface area contributed by atoms with Crippen molar-refractivity contribution in [1.82, 2.24) is 0 Å². The second-order valence-corrected chi connectivity index (χ2v) is 5.53. The summed E-state index contributed by atoms with van der Waals surface area (Å²) in [6.07, 6.45) is 1.96. The standard InChI is InChI=1S/C17H15ClO2/c1-11-8-13(10-14(18)9-11)16(19)15-6-2-4-12-5-3-7-20-17(12)15/h2,4,6,8-10H,3,5,7H2,1H3. The molecule has 2 aromatic carbocycles. The minimum absolute atomic E-state index is 0.0330. The molecule has 0 amide bonds. The van der Waals surface area contributed by atoms with Crippen LogP contribution in [0.25, 0.3) is 0 Å². The third-order valence-corrected chi connectivity index (χ3v) is 3.70. The number of rotatable bonds is 2. The van der Waals surface area contributed by atoms with E-state index in [1.54, 1.807) is 6.07 Å². The van der Waals surface area contributed by atoms with Crippen molar-refractivity contribution in [2.24, 2.45) is 0 Å². The molecule has 102 valence electrons. The third kappa shape index (κ3) is 2.44. The maximum Gasteiger partial charge on any atom is 0.196 e. The molecule has 0 saturated carbocycles. The molecule has 3 rings (SSSR count). The molecular weight excluding hydrogens is 272 g/mol. The number of hydrogen-bond acceptors (Lipinski definition) is 2. The molecule has 0 unspecified atom stereocenters. The first-order valence-electron chi connectivity index (χ1n) is 6.72. The fourth-order valence-corrected chi connectivity index (χ4v) is 2.88. The van der Waals surface area contributed by atoms with E-state index in [-0.39, 0.29) is 5.78 Å². The molecule has 0 aromatic heterocycles. The average molecular weight is 287 g/mol. The molecule has 0 aliphatic carbocycles. The van der Waals surface area contributed by atoms with Crippen LogP contribution in [0.1, 0.15) is 33.5 Å². The molecule has 0 saturated heterocycles. The van der Waals surface area contributed by atoms with E-state index >= 15 is 0 Å². The van der Waals surface area contributed by atoms with Gasteiger partial charge in [-0.15, -0.1) is 0 Å². The molecule has 1 aliphatic heterocycles. The van der Waals surface area contributed by atoms with Crippen molar-refractivity contribution in [3.63, 3.8) is 0 Å². The van der Waals surface area contributed by atoms with Crippen molar-refractivity contribution >= 4 is 17.4 Å². The summed E-state index contributed by atoms with van der Waals surface area (Å²) >= 11 is 6.04. The van der Waals surface area contributed by atoms with Crippen LogP contribution in [0, 0.1) is 6.92 Å². The molecule has 0 atom stereocenters. The van der Waals surface area contributed by atoms with Crippen molar-refractivity contribution in [2.45, 2.75) is 19.8 Å². The van der Waals surface area contributed by atoms with Crippen LogP contribution >= 0.6 is 11.6 Å². The molecule has 1 aliphatic rings. The summed E-state index contributed by atoms with van der Waals surface area (Å²) in [4.78, 5) is 12.7. The zero-order valence-electron chi connectivity index (χ0n) is 11.3. The summed E-state index contributed by atoms with van der Waals surface area (Å²) in [5.74, 6) is 0.704. The number of benzene rings is 2. The highest BCUT2D eigenvalue weighted by Gasteiger charge is 2.20. The Kier molecular flexibility index (Phi) is 3.49. The van der Waals surface area contributed by atoms with Gasteiger partial charge >= 0.3 is 0 Å². The monoisotopic (exact) mass is 286 g/mol. The first kappa shape index (κ1) is 13.2. The van der Waals surface area contributed by atoms with E-state index in [4.69, 9.17) is 16.3 Å². The minimum Gasteiger partial charge on any atom is -0.493 e. The molecule has 0 N–H and O–H groups in total. The van der Waals surface area contributed by atoms with Crippen LogP contribution in [-0.2, 0) is 6.42 Å². The van der Waals surface area contributed by atoms with Gasteiger partial charge in [-0.1, -0.05) is 23.7 Å². The first-order chi connectivity index (χ1) is 9.65. The van der Waals surface area contributed by atoms with Crippen molar-refractivity contribution in [3.05, 3.63) is 63.7 Å². The lowest BCUT2D eigenvalue weighted by Crippen LogP contribution is -2.13. The zero-order chi connectivity index (χ0) is 14.1. The van der Waals surface area contributed by atoms with Gasteiger partial charge in [0.2, 0.25) is 0 Å². The van der Waals surface area contributed by atoms with Gasteiger partial charge in [-0.25, -0.2) is 0 Å². The summed E-state index contributed by atoms with van der Waals surface area (Å²) < 4.78 is 5.70. The summed E-state index contributed by atoms with van der Waals surface area (Å²) in [5.41, 5.74) is 3.33. The second kappa shape index (κ2) is 5.29. The number of hydrogen-bond donors (Lipinski definition) is 0. The summed E-state index contributed by atoms with van der Waals surface area (Å²) in [6.45, 7) is 2.60. The normalized spacial score (nSPS) is 13.5. The summed E-state index contributed by atoms with van der Waals surface area (Å²) in [7, 11) is 0. The van der Waals surface area contributed by atoms with Gasteiger partial charge in [0.05, 0.1) is 12.2 Å². The summed E-state index contributed by atoms with van der Waals surface area (Å²) in [5, 5.41) is 0.582. The Bertz CT molecular complexity index is 656. The van der Waals surface area contributed by atoms with Gasteiger partial charge in [0.1, 0.15) is 5.75 Å². The van der Waals surface area contributed by atoms with E-state index in [1.807, 2.05) is 37.3 Å². The zero-order valence-corrected chi connectivity index (χ0v) is 12.0. The number of ketones is 1. The largest absolute Gasteiger partial charge is 0.493 e. The Morgan fingerprint density at radius 1 is 1.25 bits per heavy atom. The smallest absolute Gasteiger partial charge is 0.196 e. The van der Waals surface area contributed by atoms with Gasteiger partial charge in [-0.2, -0.15) is 0 Å². The van der Waals surface area contributed by atoms with Crippen LogP contribution in [0.4, 0.5) is 0 Å². The van der Waals surface area contributed by atoms with Crippen LogP contribution in [0.5, 0.6) is 5.75 Å². The molecular formula is C17H15ClO2. The van der Waals surface area contributed by atoms with Crippen LogP contribution in [-0.4, -0.2) is 12.4 Å². The maximum atomic E-state index is 12.7. The number of carbonyl (C=O) groups excluding carboxylic acids is 1. The molecule has 0 bridgehead atoms. The topological polar surface area (TPSA) is 26.3 Å². The molecule has 0 spiro atoms. The van der Waals surface area contributed by atoms with Gasteiger partial charge in [0.15, 0.2) is 5.78 Å². The molecule has 2 aromatic rings. The van der Waals surface area contributed by atoms with Gasteiger partial charge in [-0.05, 0) is 55.2 Å². The fraction of sp³-hybridized carbons (Fsp3) is 0.235. The number of halogens is 1. The Morgan fingerprint density at radius 2 is 2.10 bits per heavy atom. The van der Waals surface area contributed by atoms with Crippen molar-refractivity contribution in [1.29, 1.82) is 0 Å². The SMILES string of the molecule is Cc1cc(Cl)cc(C(=O)c2cccc3c2OCCC3)c1. The fourth-order valence-electron chi connectivity index (χ4n) is 2.59. The van der Waals surface area contributed by atoms with E-state index in [2.05, 4.69) is 0 Å². The van der Waals surface area contributed by atoms with E-state index in [9.17, 15) is 4.79 Å². The predicted molar refractivity (Wildman–Crippen MR) is 79.9 cm³/mol. The number of aryl methyl sites for hydroxylation is 2. The maximum absolute atomic E-state index is 12.7. The van der Waals surface area contributed by atoms with E-state index in [0.29, 0.717) is 22.8 Å². The lowest BCUT2D eigenvalue weighted by Gasteiger charge is -2.19. The van der Waals surface area contributed by atoms with Gasteiger partial charge in [0.25, 0.3) is 0 Å². The van der Waals surface area contributed by atoms with Gasteiger partial charge in [-0.3, -0.25) is 4.79 Å². The molecule has 0 radical (unpaired) electrons. The van der Waals surface area contributed by atoms with E-state index in [0.717, 1.165) is 29.7 Å². The van der Waals surface area contributed by atoms with Crippen LogP contribution < -0.4 is 4.74 Å². The summed E-state index contributed by atoms with van der Waals surface area (Å²) in [6, 6.07) is 11.2. The molecule has 3 heteroatoms.